The van der Waals surface area contributed by atoms with Crippen molar-refractivity contribution in [3.8, 4) is 0 Å². The highest BCUT2D eigenvalue weighted by Gasteiger charge is 2.30. The molecule has 4 nitrogen and oxygen atoms in total. The highest BCUT2D eigenvalue weighted by molar-refractivity contribution is 5.95. The minimum absolute atomic E-state index is 0.0480. The smallest absolute Gasteiger partial charge is 0.238 e. The summed E-state index contributed by atoms with van der Waals surface area (Å²) < 4.78 is 0. The van der Waals surface area contributed by atoms with Crippen LogP contribution in [0.4, 0.5) is 11.4 Å². The summed E-state index contributed by atoms with van der Waals surface area (Å²) in [6.45, 7) is 4.63. The van der Waals surface area contributed by atoms with Crippen LogP contribution in [0.15, 0.2) is 18.2 Å². The van der Waals surface area contributed by atoms with Gasteiger partial charge in [0.2, 0.25) is 5.91 Å². The molecule has 1 aromatic rings. The summed E-state index contributed by atoms with van der Waals surface area (Å²) in [7, 11) is 0. The van der Waals surface area contributed by atoms with Gasteiger partial charge in [0, 0.05) is 13.1 Å². The third-order valence-corrected chi connectivity index (χ3v) is 4.28. The van der Waals surface area contributed by atoms with Crippen molar-refractivity contribution in [2.75, 3.05) is 30.7 Å². The number of hydrogen-bond acceptors (Lipinski definition) is 3. The summed E-state index contributed by atoms with van der Waals surface area (Å²) in [6.07, 6.45) is 5.31. The van der Waals surface area contributed by atoms with Gasteiger partial charge in [0.25, 0.3) is 0 Å². The molecule has 21 heavy (non-hydrogen) atoms. The lowest BCUT2D eigenvalue weighted by Gasteiger charge is -2.21. The van der Waals surface area contributed by atoms with E-state index in [1.54, 1.807) is 0 Å². The largest absolute Gasteiger partial charge is 0.397 e. The summed E-state index contributed by atoms with van der Waals surface area (Å²) >= 11 is 0. The molecule has 0 bridgehead atoms. The number of nitrogens with one attached hydrogen (secondary N) is 1. The Bertz CT molecular complexity index is 507. The van der Waals surface area contributed by atoms with E-state index in [2.05, 4.69) is 10.2 Å². The fourth-order valence-corrected chi connectivity index (χ4v) is 2.72. The van der Waals surface area contributed by atoms with Crippen LogP contribution in [-0.4, -0.2) is 30.4 Å². The Hall–Kier alpha value is -1.55. The average Bonchev–Trinajstić information content (AvgIpc) is 3.29. The first-order valence-electron chi connectivity index (χ1n) is 7.98. The molecule has 4 heteroatoms. The molecule has 0 unspecified atom stereocenters. The molecule has 2 aliphatic rings. The molecule has 2 saturated carbocycles. The van der Waals surface area contributed by atoms with E-state index >= 15 is 0 Å². The van der Waals surface area contributed by atoms with Crippen LogP contribution in [-0.2, 0) is 4.79 Å². The van der Waals surface area contributed by atoms with E-state index in [0.29, 0.717) is 12.2 Å². The van der Waals surface area contributed by atoms with Crippen molar-refractivity contribution in [1.82, 2.24) is 4.90 Å². The maximum absolute atomic E-state index is 12.3. The van der Waals surface area contributed by atoms with Gasteiger partial charge in [-0.15, -0.1) is 0 Å². The second kappa shape index (κ2) is 6.06. The number of benzene rings is 1. The van der Waals surface area contributed by atoms with Gasteiger partial charge in [-0.05, 0) is 62.1 Å². The Morgan fingerprint density at radius 1 is 1.24 bits per heavy atom. The Kier molecular flexibility index (Phi) is 4.15. The van der Waals surface area contributed by atoms with Gasteiger partial charge >= 0.3 is 0 Å². The van der Waals surface area contributed by atoms with Gasteiger partial charge in [0.05, 0.1) is 17.9 Å². The lowest BCUT2D eigenvalue weighted by atomic mass is 10.2. The molecular weight excluding hydrogens is 262 g/mol. The molecule has 1 amide bonds. The molecule has 1 aromatic carbocycles. The highest BCUT2D eigenvalue weighted by Crippen LogP contribution is 2.33. The van der Waals surface area contributed by atoms with Gasteiger partial charge in [-0.2, -0.15) is 0 Å². The van der Waals surface area contributed by atoms with Crippen molar-refractivity contribution in [3.05, 3.63) is 23.8 Å². The first-order chi connectivity index (χ1) is 10.1. The summed E-state index contributed by atoms with van der Waals surface area (Å²) in [6, 6.07) is 5.74. The second-order valence-corrected chi connectivity index (χ2v) is 6.72. The first kappa shape index (κ1) is 14.4. The van der Waals surface area contributed by atoms with Crippen LogP contribution in [0.3, 0.4) is 0 Å². The number of nitrogens with zero attached hydrogens (tertiary/aromatic N) is 1. The normalized spacial score (nSPS) is 18.0. The van der Waals surface area contributed by atoms with E-state index < -0.39 is 0 Å². The van der Waals surface area contributed by atoms with Crippen molar-refractivity contribution in [1.29, 1.82) is 0 Å². The summed E-state index contributed by atoms with van der Waals surface area (Å²) in [4.78, 5) is 14.6. The minimum Gasteiger partial charge on any atom is -0.397 e. The predicted octanol–water partition coefficient (Wildman–Crippen LogP) is 2.64. The molecule has 0 radical (unpaired) electrons. The Morgan fingerprint density at radius 3 is 2.38 bits per heavy atom. The summed E-state index contributed by atoms with van der Waals surface area (Å²) in [5, 5.41) is 2.95. The number of carbonyl (C=O) groups is 1. The monoisotopic (exact) mass is 287 g/mol. The van der Waals surface area contributed by atoms with Crippen molar-refractivity contribution < 1.29 is 4.79 Å². The number of hydrogen-bond donors (Lipinski definition) is 2. The molecule has 0 saturated heterocycles. The molecular formula is C17H25N3O. The molecule has 2 fully saturated rings. The van der Waals surface area contributed by atoms with E-state index in [9.17, 15) is 4.79 Å². The van der Waals surface area contributed by atoms with Crippen LogP contribution >= 0.6 is 0 Å². The van der Waals surface area contributed by atoms with Crippen LogP contribution in [0.5, 0.6) is 0 Å². The zero-order valence-electron chi connectivity index (χ0n) is 12.8. The highest BCUT2D eigenvalue weighted by atomic mass is 16.2. The third kappa shape index (κ3) is 4.46. The molecule has 0 atom stereocenters. The summed E-state index contributed by atoms with van der Waals surface area (Å²) in [5.41, 5.74) is 8.42. The SMILES string of the molecule is Cc1ccc(NC(=O)CN(CC2CC2)CC2CC2)c(N)c1. The Labute approximate surface area is 126 Å². The lowest BCUT2D eigenvalue weighted by Crippen LogP contribution is -2.36. The maximum atomic E-state index is 12.3. The predicted molar refractivity (Wildman–Crippen MR) is 86.1 cm³/mol. The van der Waals surface area contributed by atoms with Gasteiger partial charge in [-0.3, -0.25) is 9.69 Å². The van der Waals surface area contributed by atoms with E-state index in [-0.39, 0.29) is 5.91 Å². The number of nitrogens with two attached hydrogens (primary N) is 1. The van der Waals surface area contributed by atoms with Gasteiger partial charge in [0.15, 0.2) is 0 Å². The van der Waals surface area contributed by atoms with Gasteiger partial charge in [-0.25, -0.2) is 0 Å². The molecule has 0 aliphatic heterocycles. The zero-order chi connectivity index (χ0) is 14.8. The lowest BCUT2D eigenvalue weighted by molar-refractivity contribution is -0.117. The number of amides is 1. The first-order valence-corrected chi connectivity index (χ1v) is 7.98. The van der Waals surface area contributed by atoms with Gasteiger partial charge in [-0.1, -0.05) is 6.07 Å². The van der Waals surface area contributed by atoms with E-state index in [1.165, 1.54) is 25.7 Å². The van der Waals surface area contributed by atoms with E-state index in [4.69, 9.17) is 5.73 Å². The van der Waals surface area contributed by atoms with Crippen molar-refractivity contribution in [3.63, 3.8) is 0 Å². The molecule has 2 aliphatic carbocycles. The average molecular weight is 287 g/mol. The Balaban J connectivity index is 1.55. The van der Waals surface area contributed by atoms with Crippen LogP contribution in [0.25, 0.3) is 0 Å². The Morgan fingerprint density at radius 2 is 1.86 bits per heavy atom. The number of anilines is 2. The van der Waals surface area contributed by atoms with Gasteiger partial charge < -0.3 is 11.1 Å². The molecule has 0 aromatic heterocycles. The standard InChI is InChI=1S/C17H25N3O/c1-12-2-7-16(15(18)8-12)19-17(21)11-20(9-13-3-4-13)10-14-5-6-14/h2,7-8,13-14H,3-6,9-11,18H2,1H3,(H,19,21). The quantitative estimate of drug-likeness (QED) is 0.758. The molecule has 114 valence electrons. The van der Waals surface area contributed by atoms with Crippen LogP contribution in [0.1, 0.15) is 31.2 Å². The fraction of sp³-hybridized carbons (Fsp3) is 0.588. The fourth-order valence-electron chi connectivity index (χ4n) is 2.72. The topological polar surface area (TPSA) is 58.4 Å². The molecule has 0 heterocycles. The van der Waals surface area contributed by atoms with E-state index in [1.807, 2.05) is 25.1 Å². The summed E-state index contributed by atoms with van der Waals surface area (Å²) in [5.74, 6) is 1.69. The van der Waals surface area contributed by atoms with Crippen molar-refractivity contribution in [2.24, 2.45) is 11.8 Å². The number of aryl methyl sites for hydroxylation is 1. The van der Waals surface area contributed by atoms with Crippen LogP contribution < -0.4 is 11.1 Å². The maximum Gasteiger partial charge on any atom is 0.238 e. The molecule has 3 N–H and O–H groups in total. The number of nitrogen functional groups attached to an aromatic ring is 1. The minimum atomic E-state index is 0.0480. The molecule has 3 rings (SSSR count). The van der Waals surface area contributed by atoms with Crippen LogP contribution in [0.2, 0.25) is 0 Å². The third-order valence-electron chi connectivity index (χ3n) is 4.28. The van der Waals surface area contributed by atoms with Crippen molar-refractivity contribution >= 4 is 17.3 Å². The molecule has 0 spiro atoms. The van der Waals surface area contributed by atoms with Crippen LogP contribution in [0, 0.1) is 18.8 Å². The number of rotatable bonds is 7. The van der Waals surface area contributed by atoms with Crippen molar-refractivity contribution in [2.45, 2.75) is 32.6 Å². The number of carbonyl (C=O) groups excluding carboxylic acids is 1. The van der Waals surface area contributed by atoms with E-state index in [0.717, 1.165) is 36.2 Å². The zero-order valence-corrected chi connectivity index (χ0v) is 12.8. The van der Waals surface area contributed by atoms with Gasteiger partial charge in [0.1, 0.15) is 0 Å². The second-order valence-electron chi connectivity index (χ2n) is 6.72.